The SMILES string of the molecule is COc1cccc(OC)c1SC1C[C@@H](C)[CH-]O1.[Cs+]. The van der Waals surface area contributed by atoms with Crippen molar-refractivity contribution >= 4 is 11.8 Å². The molecule has 1 unspecified atom stereocenters. The molecule has 1 heterocycles. The number of hydrogen-bond acceptors (Lipinski definition) is 4. The van der Waals surface area contributed by atoms with Crippen LogP contribution in [0.2, 0.25) is 0 Å². The smallest absolute Gasteiger partial charge is 0.542 e. The van der Waals surface area contributed by atoms with Crippen molar-refractivity contribution in [2.24, 2.45) is 5.92 Å². The zero-order valence-corrected chi connectivity index (χ0v) is 18.4. The fourth-order valence-corrected chi connectivity index (χ4v) is 3.09. The quantitative estimate of drug-likeness (QED) is 0.698. The first kappa shape index (κ1) is 17.2. The Hall–Kier alpha value is 1.18. The predicted molar refractivity (Wildman–Crippen MR) is 68.4 cm³/mol. The number of rotatable bonds is 4. The van der Waals surface area contributed by atoms with Crippen molar-refractivity contribution in [1.29, 1.82) is 0 Å². The van der Waals surface area contributed by atoms with Crippen molar-refractivity contribution in [2.45, 2.75) is 23.7 Å². The molecule has 1 fully saturated rings. The molecule has 18 heavy (non-hydrogen) atoms. The van der Waals surface area contributed by atoms with Crippen LogP contribution in [0.3, 0.4) is 0 Å². The first-order chi connectivity index (χ1) is 8.24. The van der Waals surface area contributed by atoms with E-state index in [1.54, 1.807) is 26.0 Å². The molecule has 1 aromatic rings. The summed E-state index contributed by atoms with van der Waals surface area (Å²) in [5.74, 6) is 2.17. The molecular weight excluding hydrogens is 369 g/mol. The zero-order chi connectivity index (χ0) is 12.3. The summed E-state index contributed by atoms with van der Waals surface area (Å²) in [6.45, 7) is 4.06. The molecule has 3 nitrogen and oxygen atoms in total. The van der Waals surface area contributed by atoms with Crippen LogP contribution in [0.4, 0.5) is 0 Å². The second-order valence-electron chi connectivity index (χ2n) is 4.02. The van der Waals surface area contributed by atoms with Crippen molar-refractivity contribution in [1.82, 2.24) is 0 Å². The Balaban J connectivity index is 0.00000162. The standard InChI is InChI=1S/C13H17O3S.Cs/c1-9-7-12(16-8-9)17-13-10(14-2)5-4-6-11(13)15-3;/h4-6,8-9,12H,7H2,1-3H3;/q-1;+1/t9-,12?;/m1./s1. The minimum absolute atomic E-state index is 0. The molecule has 5 heteroatoms. The monoisotopic (exact) mass is 386 g/mol. The van der Waals surface area contributed by atoms with Gasteiger partial charge >= 0.3 is 68.9 Å². The second kappa shape index (κ2) is 8.46. The van der Waals surface area contributed by atoms with Crippen LogP contribution in [-0.4, -0.2) is 19.7 Å². The Morgan fingerprint density at radius 2 is 1.89 bits per heavy atom. The molecule has 0 amide bonds. The minimum Gasteiger partial charge on any atom is -0.542 e. The van der Waals surface area contributed by atoms with Gasteiger partial charge in [-0.15, -0.1) is 5.92 Å². The molecule has 0 radical (unpaired) electrons. The van der Waals surface area contributed by atoms with E-state index in [1.807, 2.05) is 24.8 Å². The van der Waals surface area contributed by atoms with Gasteiger partial charge in [0.1, 0.15) is 11.5 Å². The molecular formula is C13H17CsO3S. The first-order valence-electron chi connectivity index (χ1n) is 5.61. The molecule has 0 aromatic heterocycles. The van der Waals surface area contributed by atoms with Crippen LogP contribution in [-0.2, 0) is 4.74 Å². The topological polar surface area (TPSA) is 27.7 Å². The van der Waals surface area contributed by atoms with E-state index in [0.717, 1.165) is 22.8 Å². The minimum atomic E-state index is 0. The van der Waals surface area contributed by atoms with Gasteiger partial charge in [-0.1, -0.05) is 24.8 Å². The van der Waals surface area contributed by atoms with Crippen LogP contribution in [0, 0.1) is 12.5 Å². The average molecular weight is 386 g/mol. The Morgan fingerprint density at radius 1 is 1.28 bits per heavy atom. The van der Waals surface area contributed by atoms with Gasteiger partial charge in [0.25, 0.3) is 0 Å². The van der Waals surface area contributed by atoms with Crippen LogP contribution in [0.5, 0.6) is 11.5 Å². The van der Waals surface area contributed by atoms with Gasteiger partial charge in [-0.3, -0.25) is 0 Å². The van der Waals surface area contributed by atoms with Gasteiger partial charge in [-0.2, -0.15) is 0 Å². The van der Waals surface area contributed by atoms with E-state index in [9.17, 15) is 0 Å². The van der Waals surface area contributed by atoms with E-state index in [4.69, 9.17) is 14.2 Å². The Kier molecular flexibility index (Phi) is 8.10. The molecule has 2 rings (SSSR count). The van der Waals surface area contributed by atoms with Gasteiger partial charge in [0.15, 0.2) is 0 Å². The molecule has 1 saturated heterocycles. The van der Waals surface area contributed by atoms with Crippen molar-refractivity contribution in [3.8, 4) is 11.5 Å². The predicted octanol–water partition coefficient (Wildman–Crippen LogP) is 0.344. The normalized spacial score (nSPS) is 22.4. The maximum atomic E-state index is 5.59. The average Bonchev–Trinajstić information content (AvgIpc) is 2.75. The maximum absolute atomic E-state index is 5.59. The summed E-state index contributed by atoms with van der Waals surface area (Å²) in [5.41, 5.74) is 0.148. The summed E-state index contributed by atoms with van der Waals surface area (Å²) in [6.07, 6.45) is 1.02. The third-order valence-electron chi connectivity index (χ3n) is 2.66. The third-order valence-corrected chi connectivity index (χ3v) is 3.86. The number of benzene rings is 1. The van der Waals surface area contributed by atoms with E-state index in [0.29, 0.717) is 5.92 Å². The van der Waals surface area contributed by atoms with Gasteiger partial charge < -0.3 is 14.2 Å². The van der Waals surface area contributed by atoms with E-state index < -0.39 is 0 Å². The van der Waals surface area contributed by atoms with Crippen molar-refractivity contribution in [3.05, 3.63) is 24.8 Å². The molecule has 0 spiro atoms. The van der Waals surface area contributed by atoms with E-state index in [-0.39, 0.29) is 74.3 Å². The van der Waals surface area contributed by atoms with Gasteiger partial charge in [-0.25, -0.2) is 6.61 Å². The van der Waals surface area contributed by atoms with Gasteiger partial charge in [0.05, 0.1) is 24.6 Å². The molecule has 0 bridgehead atoms. The summed E-state index contributed by atoms with van der Waals surface area (Å²) in [7, 11) is 3.34. The van der Waals surface area contributed by atoms with Crippen LogP contribution in [0.15, 0.2) is 23.1 Å². The van der Waals surface area contributed by atoms with Crippen LogP contribution in [0.1, 0.15) is 13.3 Å². The summed E-state index contributed by atoms with van der Waals surface area (Å²) < 4.78 is 16.3. The largest absolute Gasteiger partial charge is 1.00 e. The van der Waals surface area contributed by atoms with Gasteiger partial charge in [-0.05, 0) is 18.6 Å². The van der Waals surface area contributed by atoms with Crippen molar-refractivity contribution in [2.75, 3.05) is 14.2 Å². The molecule has 1 aromatic carbocycles. The summed E-state index contributed by atoms with van der Waals surface area (Å²) in [4.78, 5) is 1.00. The van der Waals surface area contributed by atoms with Gasteiger partial charge in [0, 0.05) is 0 Å². The number of ether oxygens (including phenoxy) is 3. The maximum Gasteiger partial charge on any atom is 1.00 e. The van der Waals surface area contributed by atoms with Crippen molar-refractivity contribution in [3.63, 3.8) is 0 Å². The molecule has 1 aliphatic heterocycles. The van der Waals surface area contributed by atoms with E-state index in [2.05, 4.69) is 6.92 Å². The molecule has 94 valence electrons. The first-order valence-corrected chi connectivity index (χ1v) is 6.49. The Morgan fingerprint density at radius 3 is 2.33 bits per heavy atom. The molecule has 0 aliphatic carbocycles. The van der Waals surface area contributed by atoms with Crippen molar-refractivity contribution < 1.29 is 83.1 Å². The van der Waals surface area contributed by atoms with Crippen LogP contribution < -0.4 is 78.4 Å². The molecule has 0 saturated carbocycles. The van der Waals surface area contributed by atoms with Gasteiger partial charge in [0.2, 0.25) is 0 Å². The van der Waals surface area contributed by atoms with E-state index >= 15 is 0 Å². The van der Waals surface area contributed by atoms with E-state index in [1.165, 1.54) is 0 Å². The Labute approximate surface area is 172 Å². The summed E-state index contributed by atoms with van der Waals surface area (Å²) in [6, 6.07) is 5.80. The zero-order valence-electron chi connectivity index (χ0n) is 11.3. The number of thioether (sulfide) groups is 1. The fourth-order valence-electron chi connectivity index (χ4n) is 1.78. The molecule has 1 aliphatic rings. The number of hydrogen-bond donors (Lipinski definition) is 0. The van der Waals surface area contributed by atoms with Crippen LogP contribution >= 0.6 is 11.8 Å². The molecule has 2 atom stereocenters. The summed E-state index contributed by atoms with van der Waals surface area (Å²) >= 11 is 1.65. The van der Waals surface area contributed by atoms with Crippen LogP contribution in [0.25, 0.3) is 0 Å². The second-order valence-corrected chi connectivity index (χ2v) is 5.19. The number of methoxy groups -OCH3 is 2. The fraction of sp³-hybridized carbons (Fsp3) is 0.462. The third kappa shape index (κ3) is 4.34. The summed E-state index contributed by atoms with van der Waals surface area (Å²) in [5, 5.41) is 0. The Bertz CT molecular complexity index is 364. The molecule has 0 N–H and O–H groups in total.